The van der Waals surface area contributed by atoms with Gasteiger partial charge in [-0.3, -0.25) is 0 Å². The number of halogens is 4. The van der Waals surface area contributed by atoms with Crippen molar-refractivity contribution in [3.8, 4) is 11.8 Å². The van der Waals surface area contributed by atoms with Crippen LogP contribution in [0.25, 0.3) is 0 Å². The Morgan fingerprint density at radius 1 is 1.44 bits per heavy atom. The van der Waals surface area contributed by atoms with E-state index in [1.807, 2.05) is 0 Å². The molecular formula is C9H8BrClF2N2O. The number of benzene rings is 1. The summed E-state index contributed by atoms with van der Waals surface area (Å²) in [5.41, 5.74) is 4.99. The summed E-state index contributed by atoms with van der Waals surface area (Å²) in [7, 11) is 0. The van der Waals surface area contributed by atoms with Gasteiger partial charge in [-0.2, -0.15) is 5.26 Å². The predicted molar refractivity (Wildman–Crippen MR) is 60.7 cm³/mol. The summed E-state index contributed by atoms with van der Waals surface area (Å²) in [4.78, 5) is 0. The van der Waals surface area contributed by atoms with Crippen molar-refractivity contribution in [1.29, 1.82) is 5.26 Å². The average Bonchev–Trinajstić information content (AvgIpc) is 2.17. The van der Waals surface area contributed by atoms with E-state index in [1.54, 1.807) is 6.07 Å². The molecule has 3 nitrogen and oxygen atoms in total. The van der Waals surface area contributed by atoms with E-state index in [-0.39, 0.29) is 28.0 Å². The molecule has 0 aromatic heterocycles. The fourth-order valence-electron chi connectivity index (χ4n) is 1.12. The molecule has 0 amide bonds. The van der Waals surface area contributed by atoms with Gasteiger partial charge in [0.05, 0.1) is 11.6 Å². The lowest BCUT2D eigenvalue weighted by Crippen LogP contribution is -2.19. The fourth-order valence-corrected chi connectivity index (χ4v) is 1.70. The number of nitrogens with two attached hydrogens (primary N) is 1. The molecule has 1 atom stereocenters. The number of rotatable bonds is 2. The second kappa shape index (κ2) is 5.99. The molecule has 88 valence electrons. The zero-order valence-corrected chi connectivity index (χ0v) is 10.2. The molecule has 0 heterocycles. The third-order valence-electron chi connectivity index (χ3n) is 1.89. The molecule has 0 radical (unpaired) electrons. The summed E-state index contributed by atoms with van der Waals surface area (Å²) in [6.07, 6.45) is -2.80. The van der Waals surface area contributed by atoms with Gasteiger partial charge in [0.25, 0.3) is 6.43 Å². The average molecular weight is 314 g/mol. The summed E-state index contributed by atoms with van der Waals surface area (Å²) in [5, 5.41) is 18.1. The maximum absolute atomic E-state index is 12.4. The second-order valence-electron chi connectivity index (χ2n) is 2.83. The Balaban J connectivity index is 0.00000225. The first-order chi connectivity index (χ1) is 6.99. The van der Waals surface area contributed by atoms with Crippen LogP contribution in [-0.4, -0.2) is 11.5 Å². The molecule has 0 spiro atoms. The lowest BCUT2D eigenvalue weighted by Gasteiger charge is -2.15. The summed E-state index contributed by atoms with van der Waals surface area (Å²) in [5.74, 6) is -0.500. The van der Waals surface area contributed by atoms with Crippen molar-refractivity contribution in [2.24, 2.45) is 5.73 Å². The first-order valence-corrected chi connectivity index (χ1v) is 4.73. The van der Waals surface area contributed by atoms with Gasteiger partial charge >= 0.3 is 0 Å². The number of nitriles is 1. The molecule has 0 aliphatic carbocycles. The molecule has 0 aliphatic rings. The van der Waals surface area contributed by atoms with Gasteiger partial charge in [-0.05, 0) is 12.1 Å². The molecule has 0 aliphatic heterocycles. The fraction of sp³-hybridized carbons (Fsp3) is 0.222. The summed E-state index contributed by atoms with van der Waals surface area (Å²) < 4.78 is 25.0. The topological polar surface area (TPSA) is 70.0 Å². The number of phenols is 1. The Labute approximate surface area is 105 Å². The van der Waals surface area contributed by atoms with E-state index in [2.05, 4.69) is 15.9 Å². The number of aromatic hydroxyl groups is 1. The molecule has 16 heavy (non-hydrogen) atoms. The maximum Gasteiger partial charge on any atom is 0.257 e. The smallest absolute Gasteiger partial charge is 0.257 e. The minimum atomic E-state index is -2.80. The number of phenolic OH excluding ortho intramolecular Hbond substituents is 1. The molecule has 1 aromatic carbocycles. The molecule has 3 N–H and O–H groups in total. The zero-order chi connectivity index (χ0) is 11.6. The van der Waals surface area contributed by atoms with Crippen molar-refractivity contribution in [1.82, 2.24) is 0 Å². The third kappa shape index (κ3) is 2.82. The van der Waals surface area contributed by atoms with Crippen molar-refractivity contribution in [2.45, 2.75) is 12.5 Å². The predicted octanol–water partition coefficient (Wildman–Crippen LogP) is 2.71. The van der Waals surface area contributed by atoms with Gasteiger partial charge in [0, 0.05) is 10.0 Å². The lowest BCUT2D eigenvalue weighted by atomic mass is 10.0. The van der Waals surface area contributed by atoms with E-state index in [9.17, 15) is 13.9 Å². The Morgan fingerprint density at radius 3 is 2.44 bits per heavy atom. The molecule has 0 bridgehead atoms. The molecule has 1 aromatic rings. The number of alkyl halides is 2. The summed E-state index contributed by atoms with van der Waals surface area (Å²) in [6.45, 7) is 0. The zero-order valence-electron chi connectivity index (χ0n) is 7.82. The highest BCUT2D eigenvalue weighted by Crippen LogP contribution is 2.35. The second-order valence-corrected chi connectivity index (χ2v) is 3.68. The Kier molecular flexibility index (Phi) is 5.65. The molecule has 0 saturated heterocycles. The van der Waals surface area contributed by atoms with Crippen molar-refractivity contribution in [2.75, 3.05) is 0 Å². The van der Waals surface area contributed by atoms with Crippen LogP contribution in [0.3, 0.4) is 0 Å². The van der Waals surface area contributed by atoms with Gasteiger partial charge < -0.3 is 10.8 Å². The highest BCUT2D eigenvalue weighted by molar-refractivity contribution is 9.10. The van der Waals surface area contributed by atoms with Crippen LogP contribution in [0.2, 0.25) is 0 Å². The van der Waals surface area contributed by atoms with Crippen LogP contribution in [0.1, 0.15) is 17.2 Å². The van der Waals surface area contributed by atoms with Gasteiger partial charge in [-0.1, -0.05) is 15.9 Å². The minimum Gasteiger partial charge on any atom is -0.506 e. The minimum absolute atomic E-state index is 0. The van der Waals surface area contributed by atoms with Gasteiger partial charge in [0.15, 0.2) is 0 Å². The maximum atomic E-state index is 12.4. The first-order valence-electron chi connectivity index (χ1n) is 3.94. The number of hydrogen-bond donors (Lipinski definition) is 2. The molecule has 0 unspecified atom stereocenters. The van der Waals surface area contributed by atoms with E-state index in [0.717, 1.165) is 0 Å². The van der Waals surface area contributed by atoms with Crippen LogP contribution in [0.4, 0.5) is 8.78 Å². The Bertz CT molecular complexity index is 423. The van der Waals surface area contributed by atoms with Crippen LogP contribution in [0, 0.1) is 11.3 Å². The van der Waals surface area contributed by atoms with Crippen molar-refractivity contribution in [3.05, 3.63) is 27.7 Å². The third-order valence-corrected chi connectivity index (χ3v) is 2.58. The van der Waals surface area contributed by atoms with Crippen LogP contribution < -0.4 is 5.73 Å². The number of nitrogens with zero attached hydrogens (tertiary/aromatic N) is 1. The Hall–Kier alpha value is -0.900. The van der Waals surface area contributed by atoms with E-state index in [0.29, 0.717) is 0 Å². The molecule has 7 heteroatoms. The van der Waals surface area contributed by atoms with Crippen LogP contribution in [0.5, 0.6) is 5.75 Å². The van der Waals surface area contributed by atoms with Gasteiger partial charge in [-0.15, -0.1) is 12.4 Å². The normalized spacial score (nSPS) is 11.8. The van der Waals surface area contributed by atoms with Crippen molar-refractivity contribution in [3.63, 3.8) is 0 Å². The van der Waals surface area contributed by atoms with Crippen LogP contribution >= 0.6 is 28.3 Å². The van der Waals surface area contributed by atoms with E-state index in [1.165, 1.54) is 12.1 Å². The highest BCUT2D eigenvalue weighted by Gasteiger charge is 2.24. The van der Waals surface area contributed by atoms with Gasteiger partial charge in [0.1, 0.15) is 11.8 Å². The van der Waals surface area contributed by atoms with Crippen molar-refractivity contribution < 1.29 is 13.9 Å². The molecule has 1 rings (SSSR count). The van der Waals surface area contributed by atoms with Gasteiger partial charge in [0.2, 0.25) is 0 Å². The van der Waals surface area contributed by atoms with E-state index < -0.39 is 18.2 Å². The van der Waals surface area contributed by atoms with E-state index in [4.69, 9.17) is 11.0 Å². The monoisotopic (exact) mass is 312 g/mol. The molecule has 0 saturated carbocycles. The SMILES string of the molecule is Cl.N#Cc1ccc(Br)c([C@@H](N)C(F)F)c1O. The largest absolute Gasteiger partial charge is 0.506 e. The lowest BCUT2D eigenvalue weighted by molar-refractivity contribution is 0.115. The highest BCUT2D eigenvalue weighted by atomic mass is 79.9. The number of hydrogen-bond acceptors (Lipinski definition) is 3. The summed E-state index contributed by atoms with van der Waals surface area (Å²) >= 11 is 3.00. The van der Waals surface area contributed by atoms with E-state index >= 15 is 0 Å². The van der Waals surface area contributed by atoms with Crippen LogP contribution in [-0.2, 0) is 0 Å². The Morgan fingerprint density at radius 2 is 2.00 bits per heavy atom. The standard InChI is InChI=1S/C9H7BrF2N2O.ClH/c10-5-2-1-4(3-13)8(15)6(5)7(14)9(11)12;/h1-2,7,9,15H,14H2;1H/t7-;/m1./s1. The van der Waals surface area contributed by atoms with Gasteiger partial charge in [-0.25, -0.2) is 8.78 Å². The van der Waals surface area contributed by atoms with Crippen LogP contribution in [0.15, 0.2) is 16.6 Å². The molecular weight excluding hydrogens is 305 g/mol. The summed E-state index contributed by atoms with van der Waals surface area (Å²) in [6, 6.07) is 2.79. The first kappa shape index (κ1) is 15.1. The molecule has 0 fully saturated rings. The quantitative estimate of drug-likeness (QED) is 0.882. The van der Waals surface area contributed by atoms with Crippen molar-refractivity contribution >= 4 is 28.3 Å².